The zero-order chi connectivity index (χ0) is 10.7. The van der Waals surface area contributed by atoms with Gasteiger partial charge >= 0.3 is 0 Å². The van der Waals surface area contributed by atoms with Crippen LogP contribution in [0.25, 0.3) is 0 Å². The third-order valence-electron chi connectivity index (χ3n) is 3.82. The molecule has 0 aromatic carbocycles. The van der Waals surface area contributed by atoms with E-state index < -0.39 is 0 Å². The zero-order valence-electron chi connectivity index (χ0n) is 10.0. The van der Waals surface area contributed by atoms with Crippen LogP contribution in [-0.2, 0) is 0 Å². The van der Waals surface area contributed by atoms with E-state index in [2.05, 4.69) is 35.3 Å². The SMILES string of the molecule is CSC1CCCC(NC2CCN(C)C2)C1. The number of nitrogens with one attached hydrogen (secondary N) is 1. The molecule has 0 radical (unpaired) electrons. The van der Waals surface area contributed by atoms with Crippen LogP contribution < -0.4 is 5.32 Å². The predicted molar refractivity (Wildman–Crippen MR) is 68.6 cm³/mol. The Kier molecular flexibility index (Phi) is 4.35. The maximum atomic E-state index is 3.86. The minimum absolute atomic E-state index is 0.764. The van der Waals surface area contributed by atoms with Gasteiger partial charge in [-0.3, -0.25) is 0 Å². The molecular formula is C12H24N2S. The molecule has 0 aromatic rings. The van der Waals surface area contributed by atoms with Crippen LogP contribution >= 0.6 is 11.8 Å². The van der Waals surface area contributed by atoms with E-state index in [9.17, 15) is 0 Å². The molecule has 88 valence electrons. The number of likely N-dealkylation sites (N-methyl/N-ethyl adjacent to an activating group) is 1. The number of hydrogen-bond donors (Lipinski definition) is 1. The lowest BCUT2D eigenvalue weighted by Gasteiger charge is -2.31. The Labute approximate surface area is 98.2 Å². The molecule has 0 aromatic heterocycles. The molecule has 0 spiro atoms. The van der Waals surface area contributed by atoms with Crippen LogP contribution in [0.1, 0.15) is 32.1 Å². The first kappa shape index (κ1) is 11.7. The van der Waals surface area contributed by atoms with Crippen LogP contribution in [0.15, 0.2) is 0 Å². The monoisotopic (exact) mass is 228 g/mol. The van der Waals surface area contributed by atoms with Crippen molar-refractivity contribution in [1.29, 1.82) is 0 Å². The Bertz CT molecular complexity index is 198. The molecular weight excluding hydrogens is 204 g/mol. The van der Waals surface area contributed by atoms with E-state index in [0.29, 0.717) is 0 Å². The topological polar surface area (TPSA) is 15.3 Å². The maximum Gasteiger partial charge on any atom is 0.0209 e. The summed E-state index contributed by atoms with van der Waals surface area (Å²) >= 11 is 2.06. The van der Waals surface area contributed by atoms with Crippen LogP contribution in [-0.4, -0.2) is 48.6 Å². The fraction of sp³-hybridized carbons (Fsp3) is 1.00. The summed E-state index contributed by atoms with van der Waals surface area (Å²) in [6, 6.07) is 1.56. The van der Waals surface area contributed by atoms with Gasteiger partial charge in [-0.15, -0.1) is 0 Å². The summed E-state index contributed by atoms with van der Waals surface area (Å²) in [6.07, 6.45) is 9.25. The van der Waals surface area contributed by atoms with Crippen molar-refractivity contribution in [1.82, 2.24) is 10.2 Å². The maximum absolute atomic E-state index is 3.86. The van der Waals surface area contributed by atoms with Crippen molar-refractivity contribution < 1.29 is 0 Å². The molecule has 2 rings (SSSR count). The lowest BCUT2D eigenvalue weighted by atomic mass is 9.94. The van der Waals surface area contributed by atoms with E-state index in [1.807, 2.05) is 0 Å². The minimum atomic E-state index is 0.764. The average Bonchev–Trinajstić information content (AvgIpc) is 2.64. The zero-order valence-corrected chi connectivity index (χ0v) is 10.9. The first-order chi connectivity index (χ1) is 7.28. The Morgan fingerprint density at radius 2 is 2.07 bits per heavy atom. The quantitative estimate of drug-likeness (QED) is 0.795. The van der Waals surface area contributed by atoms with E-state index in [0.717, 1.165) is 17.3 Å². The molecule has 0 amide bonds. The second-order valence-corrected chi connectivity index (χ2v) is 6.27. The van der Waals surface area contributed by atoms with Crippen molar-refractivity contribution in [2.75, 3.05) is 26.4 Å². The van der Waals surface area contributed by atoms with Gasteiger partial charge < -0.3 is 10.2 Å². The number of likely N-dealkylation sites (tertiary alicyclic amines) is 1. The smallest absolute Gasteiger partial charge is 0.0209 e. The van der Waals surface area contributed by atoms with E-state index in [1.165, 1.54) is 45.2 Å². The predicted octanol–water partition coefficient (Wildman–Crippen LogP) is 1.95. The molecule has 0 bridgehead atoms. The van der Waals surface area contributed by atoms with Crippen LogP contribution in [0.3, 0.4) is 0 Å². The van der Waals surface area contributed by atoms with Crippen LogP contribution in [0.5, 0.6) is 0 Å². The van der Waals surface area contributed by atoms with Crippen molar-refractivity contribution in [3.8, 4) is 0 Å². The summed E-state index contributed by atoms with van der Waals surface area (Å²) < 4.78 is 0. The molecule has 2 aliphatic rings. The lowest BCUT2D eigenvalue weighted by Crippen LogP contribution is -2.42. The van der Waals surface area contributed by atoms with Gasteiger partial charge in [0.2, 0.25) is 0 Å². The van der Waals surface area contributed by atoms with Gasteiger partial charge in [0.25, 0.3) is 0 Å². The van der Waals surface area contributed by atoms with Gasteiger partial charge in [0.05, 0.1) is 0 Å². The van der Waals surface area contributed by atoms with Gasteiger partial charge in [-0.1, -0.05) is 6.42 Å². The summed E-state index contributed by atoms with van der Waals surface area (Å²) in [7, 11) is 2.23. The molecule has 1 aliphatic heterocycles. The highest BCUT2D eigenvalue weighted by atomic mass is 32.2. The highest BCUT2D eigenvalue weighted by Gasteiger charge is 2.26. The van der Waals surface area contributed by atoms with Gasteiger partial charge in [-0.25, -0.2) is 0 Å². The minimum Gasteiger partial charge on any atom is -0.310 e. The Morgan fingerprint density at radius 1 is 1.20 bits per heavy atom. The Hall–Kier alpha value is 0.270. The summed E-state index contributed by atoms with van der Waals surface area (Å²) in [5.41, 5.74) is 0. The fourth-order valence-corrected chi connectivity index (χ4v) is 3.74. The van der Waals surface area contributed by atoms with Crippen molar-refractivity contribution >= 4 is 11.8 Å². The second-order valence-electron chi connectivity index (χ2n) is 5.14. The first-order valence-electron chi connectivity index (χ1n) is 6.25. The van der Waals surface area contributed by atoms with Gasteiger partial charge in [0.15, 0.2) is 0 Å². The molecule has 1 aliphatic carbocycles. The van der Waals surface area contributed by atoms with E-state index >= 15 is 0 Å². The number of hydrogen-bond acceptors (Lipinski definition) is 3. The molecule has 1 saturated heterocycles. The third-order valence-corrected chi connectivity index (χ3v) is 4.92. The van der Waals surface area contributed by atoms with Gasteiger partial charge in [-0.05, 0) is 45.5 Å². The molecule has 1 saturated carbocycles. The van der Waals surface area contributed by atoms with Crippen molar-refractivity contribution in [3.63, 3.8) is 0 Å². The Morgan fingerprint density at radius 3 is 2.73 bits per heavy atom. The molecule has 3 unspecified atom stereocenters. The van der Waals surface area contributed by atoms with E-state index in [-0.39, 0.29) is 0 Å². The summed E-state index contributed by atoms with van der Waals surface area (Å²) in [5.74, 6) is 0. The standard InChI is InChI=1S/C12H24N2S/c1-14-7-6-11(9-14)13-10-4-3-5-12(8-10)15-2/h10-13H,3-9H2,1-2H3. The first-order valence-corrected chi connectivity index (χ1v) is 7.54. The summed E-state index contributed by atoms with van der Waals surface area (Å²) in [5, 5.41) is 4.77. The van der Waals surface area contributed by atoms with Crippen molar-refractivity contribution in [3.05, 3.63) is 0 Å². The van der Waals surface area contributed by atoms with Gasteiger partial charge in [-0.2, -0.15) is 11.8 Å². The van der Waals surface area contributed by atoms with Crippen LogP contribution in [0.4, 0.5) is 0 Å². The third kappa shape index (κ3) is 3.36. The van der Waals surface area contributed by atoms with Crippen LogP contribution in [0.2, 0.25) is 0 Å². The fourth-order valence-electron chi connectivity index (χ4n) is 2.91. The molecule has 1 heterocycles. The van der Waals surface area contributed by atoms with Crippen molar-refractivity contribution in [2.24, 2.45) is 0 Å². The molecule has 2 fully saturated rings. The number of rotatable bonds is 3. The highest BCUT2D eigenvalue weighted by Crippen LogP contribution is 2.27. The van der Waals surface area contributed by atoms with E-state index in [1.54, 1.807) is 0 Å². The molecule has 1 N–H and O–H groups in total. The summed E-state index contributed by atoms with van der Waals surface area (Å²) in [4.78, 5) is 2.44. The normalized spacial score (nSPS) is 38.4. The number of thioether (sulfide) groups is 1. The average molecular weight is 228 g/mol. The molecule has 2 nitrogen and oxygen atoms in total. The van der Waals surface area contributed by atoms with Gasteiger partial charge in [0.1, 0.15) is 0 Å². The van der Waals surface area contributed by atoms with Crippen molar-refractivity contribution in [2.45, 2.75) is 49.4 Å². The van der Waals surface area contributed by atoms with Crippen LogP contribution in [0, 0.1) is 0 Å². The lowest BCUT2D eigenvalue weighted by molar-refractivity contribution is 0.332. The second kappa shape index (κ2) is 5.55. The Balaban J connectivity index is 1.74. The number of nitrogens with zero attached hydrogens (tertiary/aromatic N) is 1. The molecule has 3 heteroatoms. The molecule has 3 atom stereocenters. The largest absolute Gasteiger partial charge is 0.310 e. The highest BCUT2D eigenvalue weighted by molar-refractivity contribution is 7.99. The summed E-state index contributed by atoms with van der Waals surface area (Å²) in [6.45, 7) is 2.52. The van der Waals surface area contributed by atoms with E-state index in [4.69, 9.17) is 0 Å². The molecule has 15 heavy (non-hydrogen) atoms. The van der Waals surface area contributed by atoms with Gasteiger partial charge in [0, 0.05) is 23.9 Å².